The highest BCUT2D eigenvalue weighted by Gasteiger charge is 2.06. The number of nitrogens with two attached hydrogens (primary N) is 1. The van der Waals surface area contributed by atoms with Gasteiger partial charge >= 0.3 is 6.61 Å². The van der Waals surface area contributed by atoms with Crippen LogP contribution in [0.1, 0.15) is 18.9 Å². The zero-order chi connectivity index (χ0) is 11.3. The summed E-state index contributed by atoms with van der Waals surface area (Å²) in [4.78, 5) is 0. The van der Waals surface area contributed by atoms with Gasteiger partial charge in [-0.05, 0) is 30.5 Å². The first-order chi connectivity index (χ1) is 7.11. The monoisotopic (exact) mass is 215 g/mol. The number of hydrogen-bond donors (Lipinski definition) is 1. The molecule has 0 spiro atoms. The smallest absolute Gasteiger partial charge is 0.387 e. The fourth-order valence-electron chi connectivity index (χ4n) is 1.30. The van der Waals surface area contributed by atoms with E-state index in [0.717, 1.165) is 12.0 Å². The molecule has 15 heavy (non-hydrogen) atoms. The third-order valence-electron chi connectivity index (χ3n) is 2.15. The summed E-state index contributed by atoms with van der Waals surface area (Å²) in [7, 11) is 0. The molecule has 2 N–H and O–H groups in total. The van der Waals surface area contributed by atoms with Gasteiger partial charge in [0.2, 0.25) is 0 Å². The quantitative estimate of drug-likeness (QED) is 0.819. The molecule has 0 aliphatic carbocycles. The molecule has 0 saturated heterocycles. The van der Waals surface area contributed by atoms with Gasteiger partial charge in [0.15, 0.2) is 0 Å². The van der Waals surface area contributed by atoms with Crippen molar-refractivity contribution in [2.45, 2.75) is 32.4 Å². The maximum absolute atomic E-state index is 11.9. The average molecular weight is 215 g/mol. The Morgan fingerprint density at radius 1 is 1.40 bits per heavy atom. The highest BCUT2D eigenvalue weighted by atomic mass is 19.3. The van der Waals surface area contributed by atoms with E-state index in [4.69, 9.17) is 5.73 Å². The van der Waals surface area contributed by atoms with Crippen molar-refractivity contribution in [1.29, 1.82) is 0 Å². The third kappa shape index (κ3) is 4.25. The van der Waals surface area contributed by atoms with Crippen LogP contribution in [0.15, 0.2) is 24.3 Å². The Bertz CT molecular complexity index is 304. The van der Waals surface area contributed by atoms with E-state index in [9.17, 15) is 8.78 Å². The fraction of sp³-hybridized carbons (Fsp3) is 0.455. The summed E-state index contributed by atoms with van der Waals surface area (Å²) in [6.45, 7) is -0.787. The molecule has 1 atom stereocenters. The van der Waals surface area contributed by atoms with Crippen molar-refractivity contribution in [3.05, 3.63) is 29.8 Å². The van der Waals surface area contributed by atoms with Crippen LogP contribution in [0.25, 0.3) is 0 Å². The molecule has 0 bridgehead atoms. The zero-order valence-electron chi connectivity index (χ0n) is 8.62. The number of hydrogen-bond acceptors (Lipinski definition) is 2. The molecular weight excluding hydrogens is 200 g/mol. The summed E-state index contributed by atoms with van der Waals surface area (Å²) in [5, 5.41) is 0. The van der Waals surface area contributed by atoms with Gasteiger partial charge in [-0.2, -0.15) is 8.78 Å². The Kier molecular flexibility index (Phi) is 4.49. The van der Waals surface area contributed by atoms with Crippen molar-refractivity contribution in [2.24, 2.45) is 5.73 Å². The number of halogens is 2. The van der Waals surface area contributed by atoms with Crippen LogP contribution < -0.4 is 10.5 Å². The zero-order valence-corrected chi connectivity index (χ0v) is 8.62. The second kappa shape index (κ2) is 5.66. The van der Waals surface area contributed by atoms with Crippen LogP contribution >= 0.6 is 0 Å². The summed E-state index contributed by atoms with van der Waals surface area (Å²) in [6, 6.07) is 6.71. The summed E-state index contributed by atoms with van der Waals surface area (Å²) < 4.78 is 28.2. The SMILES string of the molecule is CCC(N)Cc1cccc(OC(F)F)c1. The predicted octanol–water partition coefficient (Wildman–Crippen LogP) is 2.57. The maximum Gasteiger partial charge on any atom is 0.387 e. The normalized spacial score (nSPS) is 12.9. The highest BCUT2D eigenvalue weighted by molar-refractivity contribution is 5.29. The molecule has 0 fully saturated rings. The predicted molar refractivity (Wildman–Crippen MR) is 55.0 cm³/mol. The van der Waals surface area contributed by atoms with Crippen LogP contribution in [0.5, 0.6) is 5.75 Å². The van der Waals surface area contributed by atoms with Gasteiger partial charge in [-0.3, -0.25) is 0 Å². The lowest BCUT2D eigenvalue weighted by molar-refractivity contribution is -0.0498. The van der Waals surface area contributed by atoms with Gasteiger partial charge in [-0.25, -0.2) is 0 Å². The van der Waals surface area contributed by atoms with Gasteiger partial charge in [-0.1, -0.05) is 19.1 Å². The van der Waals surface area contributed by atoms with Crippen molar-refractivity contribution < 1.29 is 13.5 Å². The topological polar surface area (TPSA) is 35.2 Å². The molecule has 0 aliphatic rings. The van der Waals surface area contributed by atoms with Gasteiger partial charge in [0, 0.05) is 6.04 Å². The van der Waals surface area contributed by atoms with Crippen molar-refractivity contribution in [3.8, 4) is 5.75 Å². The largest absolute Gasteiger partial charge is 0.435 e. The molecule has 1 aromatic carbocycles. The summed E-state index contributed by atoms with van der Waals surface area (Å²) in [5.74, 6) is 0.186. The molecule has 0 aromatic heterocycles. The van der Waals surface area contributed by atoms with Gasteiger partial charge in [0.1, 0.15) is 5.75 Å². The molecule has 0 radical (unpaired) electrons. The molecule has 1 unspecified atom stereocenters. The number of alkyl halides is 2. The molecule has 0 aliphatic heterocycles. The van der Waals surface area contributed by atoms with Crippen LogP contribution in [0, 0.1) is 0 Å². The van der Waals surface area contributed by atoms with Crippen molar-refractivity contribution >= 4 is 0 Å². The van der Waals surface area contributed by atoms with Crippen molar-refractivity contribution in [1.82, 2.24) is 0 Å². The average Bonchev–Trinajstić information content (AvgIpc) is 2.17. The minimum atomic E-state index is -2.78. The summed E-state index contributed by atoms with van der Waals surface area (Å²) >= 11 is 0. The van der Waals surface area contributed by atoms with E-state index in [0.29, 0.717) is 6.42 Å². The van der Waals surface area contributed by atoms with Crippen LogP contribution in [0.4, 0.5) is 8.78 Å². The molecular formula is C11H15F2NO. The first kappa shape index (κ1) is 11.9. The van der Waals surface area contributed by atoms with E-state index in [1.165, 1.54) is 6.07 Å². The van der Waals surface area contributed by atoms with Crippen LogP contribution in [-0.2, 0) is 6.42 Å². The van der Waals surface area contributed by atoms with E-state index in [1.54, 1.807) is 12.1 Å². The Morgan fingerprint density at radius 3 is 2.73 bits per heavy atom. The number of rotatable bonds is 5. The summed E-state index contributed by atoms with van der Waals surface area (Å²) in [5.41, 5.74) is 6.69. The fourth-order valence-corrected chi connectivity index (χ4v) is 1.30. The Morgan fingerprint density at radius 2 is 2.13 bits per heavy atom. The standard InChI is InChI=1S/C11H15F2NO/c1-2-9(14)6-8-4-3-5-10(7-8)15-11(12)13/h3-5,7,9,11H,2,6,14H2,1H3. The maximum atomic E-state index is 11.9. The van der Waals surface area contributed by atoms with E-state index in [1.807, 2.05) is 13.0 Å². The van der Waals surface area contributed by atoms with Gasteiger partial charge in [0.05, 0.1) is 0 Å². The van der Waals surface area contributed by atoms with E-state index in [-0.39, 0.29) is 11.8 Å². The lowest BCUT2D eigenvalue weighted by Crippen LogP contribution is -2.21. The minimum Gasteiger partial charge on any atom is -0.435 e. The first-order valence-corrected chi connectivity index (χ1v) is 4.91. The molecule has 1 aromatic rings. The molecule has 2 nitrogen and oxygen atoms in total. The Balaban J connectivity index is 2.65. The molecule has 1 rings (SSSR count). The summed E-state index contributed by atoms with van der Waals surface area (Å²) in [6.07, 6.45) is 1.54. The lowest BCUT2D eigenvalue weighted by Gasteiger charge is -2.10. The van der Waals surface area contributed by atoms with Crippen LogP contribution in [0.3, 0.4) is 0 Å². The first-order valence-electron chi connectivity index (χ1n) is 4.91. The molecule has 84 valence electrons. The van der Waals surface area contributed by atoms with E-state index >= 15 is 0 Å². The number of benzene rings is 1. The van der Waals surface area contributed by atoms with Crippen LogP contribution in [-0.4, -0.2) is 12.7 Å². The lowest BCUT2D eigenvalue weighted by atomic mass is 10.0. The van der Waals surface area contributed by atoms with Gasteiger partial charge in [-0.15, -0.1) is 0 Å². The highest BCUT2D eigenvalue weighted by Crippen LogP contribution is 2.17. The minimum absolute atomic E-state index is 0.0619. The van der Waals surface area contributed by atoms with E-state index in [2.05, 4.69) is 4.74 Å². The Labute approximate surface area is 88.0 Å². The Hall–Kier alpha value is -1.16. The van der Waals surface area contributed by atoms with Crippen LogP contribution in [0.2, 0.25) is 0 Å². The molecule has 0 amide bonds. The van der Waals surface area contributed by atoms with Gasteiger partial charge in [0.25, 0.3) is 0 Å². The second-order valence-corrected chi connectivity index (χ2v) is 3.40. The third-order valence-corrected chi connectivity index (χ3v) is 2.15. The van der Waals surface area contributed by atoms with Gasteiger partial charge < -0.3 is 10.5 Å². The molecule has 0 heterocycles. The van der Waals surface area contributed by atoms with Crippen molar-refractivity contribution in [2.75, 3.05) is 0 Å². The second-order valence-electron chi connectivity index (χ2n) is 3.40. The van der Waals surface area contributed by atoms with Crippen molar-refractivity contribution in [3.63, 3.8) is 0 Å². The van der Waals surface area contributed by atoms with E-state index < -0.39 is 6.61 Å². The molecule has 0 saturated carbocycles. The molecule has 4 heteroatoms. The number of ether oxygens (including phenoxy) is 1.